The van der Waals surface area contributed by atoms with E-state index in [0.29, 0.717) is 17.6 Å². The van der Waals surface area contributed by atoms with Crippen molar-refractivity contribution in [2.75, 3.05) is 18.5 Å². The molecule has 0 radical (unpaired) electrons. The van der Waals surface area contributed by atoms with Gasteiger partial charge in [-0.1, -0.05) is 11.6 Å². The number of carbonyl (C=O) groups is 1. The Labute approximate surface area is 96.6 Å². The first-order chi connectivity index (χ1) is 7.66. The van der Waals surface area contributed by atoms with Crippen LogP contribution < -0.4 is 5.32 Å². The minimum Gasteiger partial charge on any atom is -0.481 e. The molecule has 16 heavy (non-hydrogen) atoms. The molecule has 2 rings (SSSR count). The molecule has 1 aliphatic rings. The number of rotatable bonds is 3. The van der Waals surface area contributed by atoms with Gasteiger partial charge in [-0.3, -0.25) is 4.79 Å². The Hall–Kier alpha value is -1.40. The number of aromatic nitrogens is 2. The Kier molecular flexibility index (Phi) is 3.21. The molecule has 0 saturated carbocycles. The van der Waals surface area contributed by atoms with Crippen molar-refractivity contribution in [1.29, 1.82) is 0 Å². The predicted octanol–water partition coefficient (Wildman–Crippen LogP) is 0.641. The zero-order chi connectivity index (χ0) is 11.5. The van der Waals surface area contributed by atoms with Gasteiger partial charge in [0, 0.05) is 0 Å². The van der Waals surface area contributed by atoms with Gasteiger partial charge >= 0.3 is 5.97 Å². The van der Waals surface area contributed by atoms with Gasteiger partial charge < -0.3 is 15.2 Å². The van der Waals surface area contributed by atoms with Gasteiger partial charge in [-0.15, -0.1) is 10.2 Å². The lowest BCUT2D eigenvalue weighted by Gasteiger charge is -2.15. The summed E-state index contributed by atoms with van der Waals surface area (Å²) < 4.78 is 5.11. The third-order valence-electron chi connectivity index (χ3n) is 2.36. The van der Waals surface area contributed by atoms with Crippen LogP contribution in [0, 0.1) is 5.92 Å². The third kappa shape index (κ3) is 2.40. The van der Waals surface area contributed by atoms with Gasteiger partial charge in [0.25, 0.3) is 0 Å². The zero-order valence-corrected chi connectivity index (χ0v) is 9.02. The maximum Gasteiger partial charge on any atom is 0.311 e. The van der Waals surface area contributed by atoms with E-state index in [0.717, 1.165) is 0 Å². The summed E-state index contributed by atoms with van der Waals surface area (Å²) >= 11 is 5.59. The number of carboxylic acid groups (broad SMARTS) is 1. The highest BCUT2D eigenvalue weighted by molar-refractivity contribution is 6.29. The van der Waals surface area contributed by atoms with E-state index >= 15 is 0 Å². The highest BCUT2D eigenvalue weighted by Gasteiger charge is 2.34. The fourth-order valence-electron chi connectivity index (χ4n) is 1.52. The average molecular weight is 244 g/mol. The number of nitrogens with zero attached hydrogens (tertiary/aromatic N) is 2. The SMILES string of the molecule is O=C(O)C1COCC1Nc1ccc(Cl)nn1. The molecule has 2 N–H and O–H groups in total. The Balaban J connectivity index is 2.03. The smallest absolute Gasteiger partial charge is 0.311 e. The number of anilines is 1. The number of carboxylic acids is 1. The van der Waals surface area contributed by atoms with Crippen LogP contribution in [0.25, 0.3) is 0 Å². The number of ether oxygens (including phenoxy) is 1. The summed E-state index contributed by atoms with van der Waals surface area (Å²) in [5.41, 5.74) is 0. The van der Waals surface area contributed by atoms with Gasteiger partial charge in [0.15, 0.2) is 5.15 Å². The maximum absolute atomic E-state index is 10.9. The molecule has 0 spiro atoms. The van der Waals surface area contributed by atoms with Gasteiger partial charge in [0.1, 0.15) is 11.7 Å². The number of halogens is 1. The minimum atomic E-state index is -0.878. The topological polar surface area (TPSA) is 84.3 Å². The number of hydrogen-bond donors (Lipinski definition) is 2. The number of hydrogen-bond acceptors (Lipinski definition) is 5. The second-order valence-electron chi connectivity index (χ2n) is 3.47. The largest absolute Gasteiger partial charge is 0.481 e. The number of nitrogens with one attached hydrogen (secondary N) is 1. The fraction of sp³-hybridized carbons (Fsp3) is 0.444. The van der Waals surface area contributed by atoms with Crippen LogP contribution in [0.5, 0.6) is 0 Å². The van der Waals surface area contributed by atoms with Gasteiger partial charge in [-0.25, -0.2) is 0 Å². The van der Waals surface area contributed by atoms with Crippen LogP contribution in [0.15, 0.2) is 12.1 Å². The monoisotopic (exact) mass is 243 g/mol. The van der Waals surface area contributed by atoms with Gasteiger partial charge in [-0.2, -0.15) is 0 Å². The van der Waals surface area contributed by atoms with E-state index in [2.05, 4.69) is 15.5 Å². The summed E-state index contributed by atoms with van der Waals surface area (Å²) in [4.78, 5) is 10.9. The van der Waals surface area contributed by atoms with Crippen LogP contribution in [0.1, 0.15) is 0 Å². The zero-order valence-electron chi connectivity index (χ0n) is 8.26. The van der Waals surface area contributed by atoms with Crippen LogP contribution >= 0.6 is 11.6 Å². The van der Waals surface area contributed by atoms with Crippen molar-refractivity contribution < 1.29 is 14.6 Å². The third-order valence-corrected chi connectivity index (χ3v) is 2.56. The normalized spacial score (nSPS) is 24.3. The van der Waals surface area contributed by atoms with Crippen molar-refractivity contribution >= 4 is 23.4 Å². The Bertz CT molecular complexity index is 384. The highest BCUT2D eigenvalue weighted by atomic mass is 35.5. The Morgan fingerprint density at radius 3 is 2.94 bits per heavy atom. The lowest BCUT2D eigenvalue weighted by molar-refractivity contribution is -0.141. The molecule has 6 nitrogen and oxygen atoms in total. The van der Waals surface area contributed by atoms with Crippen molar-refractivity contribution in [1.82, 2.24) is 10.2 Å². The molecule has 1 saturated heterocycles. The van der Waals surface area contributed by atoms with Crippen LogP contribution in [-0.2, 0) is 9.53 Å². The van der Waals surface area contributed by atoms with E-state index in [-0.39, 0.29) is 12.6 Å². The summed E-state index contributed by atoms with van der Waals surface area (Å²) in [7, 11) is 0. The molecular formula is C9H10ClN3O3. The van der Waals surface area contributed by atoms with E-state index in [1.165, 1.54) is 0 Å². The second-order valence-corrected chi connectivity index (χ2v) is 3.86. The second kappa shape index (κ2) is 4.63. The van der Waals surface area contributed by atoms with Crippen LogP contribution in [0.3, 0.4) is 0 Å². The summed E-state index contributed by atoms with van der Waals surface area (Å²) in [6.45, 7) is 0.565. The van der Waals surface area contributed by atoms with E-state index in [9.17, 15) is 4.79 Å². The highest BCUT2D eigenvalue weighted by Crippen LogP contribution is 2.18. The van der Waals surface area contributed by atoms with Crippen molar-refractivity contribution in [2.24, 2.45) is 5.92 Å². The molecule has 1 fully saturated rings. The summed E-state index contributed by atoms with van der Waals surface area (Å²) in [5.74, 6) is -0.944. The first-order valence-corrected chi connectivity index (χ1v) is 5.11. The maximum atomic E-state index is 10.9. The molecule has 1 aromatic heterocycles. The minimum absolute atomic E-state index is 0.216. The first kappa shape index (κ1) is 11.1. The molecule has 2 unspecified atom stereocenters. The molecule has 2 atom stereocenters. The molecule has 2 heterocycles. The molecule has 0 bridgehead atoms. The van der Waals surface area contributed by atoms with Crippen molar-refractivity contribution in [3.8, 4) is 0 Å². The van der Waals surface area contributed by atoms with E-state index in [4.69, 9.17) is 21.4 Å². The molecule has 7 heteroatoms. The molecule has 0 amide bonds. The van der Waals surface area contributed by atoms with Gasteiger partial charge in [-0.05, 0) is 12.1 Å². The van der Waals surface area contributed by atoms with Crippen molar-refractivity contribution in [3.63, 3.8) is 0 Å². The van der Waals surface area contributed by atoms with E-state index in [1.807, 2.05) is 0 Å². The molecular weight excluding hydrogens is 234 g/mol. The summed E-state index contributed by atoms with van der Waals surface area (Å²) in [6, 6.07) is 2.95. The molecule has 1 aromatic rings. The predicted molar refractivity (Wildman–Crippen MR) is 56.4 cm³/mol. The lowest BCUT2D eigenvalue weighted by atomic mass is 10.0. The summed E-state index contributed by atoms with van der Waals surface area (Å²) in [6.07, 6.45) is 0. The lowest BCUT2D eigenvalue weighted by Crippen LogP contribution is -2.33. The summed E-state index contributed by atoms with van der Waals surface area (Å²) in [5, 5.41) is 19.6. The van der Waals surface area contributed by atoms with Gasteiger partial charge in [0.2, 0.25) is 0 Å². The molecule has 86 valence electrons. The first-order valence-electron chi connectivity index (χ1n) is 4.73. The van der Waals surface area contributed by atoms with E-state index in [1.54, 1.807) is 12.1 Å². The molecule has 0 aromatic carbocycles. The van der Waals surface area contributed by atoms with Crippen LogP contribution in [0.2, 0.25) is 5.15 Å². The van der Waals surface area contributed by atoms with E-state index < -0.39 is 11.9 Å². The standard InChI is InChI=1S/C9H10ClN3O3/c10-7-1-2-8(13-12-7)11-6-4-16-3-5(6)9(14)15/h1-2,5-6H,3-4H2,(H,11,13)(H,14,15). The number of aliphatic carboxylic acids is 1. The van der Waals surface area contributed by atoms with Gasteiger partial charge in [0.05, 0.1) is 19.3 Å². The Morgan fingerprint density at radius 2 is 2.31 bits per heavy atom. The molecule has 1 aliphatic heterocycles. The van der Waals surface area contributed by atoms with Crippen LogP contribution in [0.4, 0.5) is 5.82 Å². The molecule has 0 aliphatic carbocycles. The Morgan fingerprint density at radius 1 is 1.50 bits per heavy atom. The quantitative estimate of drug-likeness (QED) is 0.811. The fourth-order valence-corrected chi connectivity index (χ4v) is 1.62. The van der Waals surface area contributed by atoms with Crippen molar-refractivity contribution in [2.45, 2.75) is 6.04 Å². The van der Waals surface area contributed by atoms with Crippen molar-refractivity contribution in [3.05, 3.63) is 17.3 Å². The van der Waals surface area contributed by atoms with Crippen LogP contribution in [-0.4, -0.2) is 40.5 Å². The average Bonchev–Trinajstić information content (AvgIpc) is 2.69.